The minimum Gasteiger partial charge on any atom is -0.354 e. The molecule has 0 aromatic rings. The molecule has 0 radical (unpaired) electrons. The van der Waals surface area contributed by atoms with Gasteiger partial charge in [-0.1, -0.05) is 13.8 Å². The molecule has 0 aromatic carbocycles. The summed E-state index contributed by atoms with van der Waals surface area (Å²) in [6, 6.07) is 1.63. The van der Waals surface area contributed by atoms with Gasteiger partial charge < -0.3 is 10.6 Å². The van der Waals surface area contributed by atoms with Crippen LogP contribution >= 0.6 is 0 Å². The largest absolute Gasteiger partial charge is 0.354 e. The fraction of sp³-hybridized carbons (Fsp3) is 0.909. The van der Waals surface area contributed by atoms with Gasteiger partial charge in [0.25, 0.3) is 0 Å². The van der Waals surface area contributed by atoms with Crippen LogP contribution < -0.4 is 10.6 Å². The molecular weight excluding hydrogens is 176 g/mol. The summed E-state index contributed by atoms with van der Waals surface area (Å²) in [4.78, 5) is 10.8. The number of nitrogens with one attached hydrogen (secondary N) is 2. The minimum atomic E-state index is 0. The molecule has 1 aliphatic rings. The van der Waals surface area contributed by atoms with E-state index in [-0.39, 0.29) is 8.76 Å². The molecule has 0 aromatic heterocycles. The van der Waals surface area contributed by atoms with Gasteiger partial charge in [-0.15, -0.1) is 0 Å². The summed E-state index contributed by atoms with van der Waals surface area (Å²) >= 11 is 0. The molecule has 3 nitrogen and oxygen atoms in total. The van der Waals surface area contributed by atoms with Crippen molar-refractivity contribution in [2.45, 2.75) is 64.6 Å². The van der Waals surface area contributed by atoms with Crippen molar-refractivity contribution in [2.24, 2.45) is 0 Å². The Bertz CT molecular complexity index is 192. The van der Waals surface area contributed by atoms with E-state index in [0.29, 0.717) is 18.1 Å². The van der Waals surface area contributed by atoms with E-state index in [1.54, 1.807) is 6.92 Å². The molecule has 0 aliphatic heterocycles. The van der Waals surface area contributed by atoms with Crippen molar-refractivity contribution in [3.63, 3.8) is 0 Å². The van der Waals surface area contributed by atoms with Gasteiger partial charge in [-0.3, -0.25) is 4.79 Å². The molecule has 1 fully saturated rings. The summed E-state index contributed by atoms with van der Waals surface area (Å²) in [5.41, 5.74) is 0. The van der Waals surface area contributed by atoms with E-state index in [2.05, 4.69) is 24.5 Å². The van der Waals surface area contributed by atoms with Crippen LogP contribution in [0.5, 0.6) is 0 Å². The van der Waals surface area contributed by atoms with E-state index < -0.39 is 0 Å². The number of carbonyl (C=O) groups is 1. The lowest BCUT2D eigenvalue weighted by molar-refractivity contribution is -0.119. The first-order valence-electron chi connectivity index (χ1n) is 5.61. The Morgan fingerprint density at radius 2 is 1.71 bits per heavy atom. The molecule has 0 atom stereocenters. The SMILES string of the molecule is CC(=O)NC1CCC(NC(C)C)CC1.[HH].[HH]. The van der Waals surface area contributed by atoms with Crippen LogP contribution in [-0.2, 0) is 4.79 Å². The van der Waals surface area contributed by atoms with Gasteiger partial charge in [-0.05, 0) is 25.7 Å². The van der Waals surface area contributed by atoms with Gasteiger partial charge in [0.2, 0.25) is 5.91 Å². The maximum Gasteiger partial charge on any atom is 0.217 e. The Labute approximate surface area is 89.6 Å². The Kier molecular flexibility index (Phi) is 4.39. The van der Waals surface area contributed by atoms with Gasteiger partial charge in [0.05, 0.1) is 0 Å². The van der Waals surface area contributed by atoms with Crippen molar-refractivity contribution in [2.75, 3.05) is 0 Å². The molecular formula is C11H26N2O. The topological polar surface area (TPSA) is 41.1 Å². The molecule has 0 spiro atoms. The van der Waals surface area contributed by atoms with E-state index in [9.17, 15) is 4.79 Å². The van der Waals surface area contributed by atoms with Gasteiger partial charge in [0, 0.05) is 27.9 Å². The number of hydrogen-bond donors (Lipinski definition) is 2. The highest BCUT2D eigenvalue weighted by atomic mass is 16.1. The van der Waals surface area contributed by atoms with Gasteiger partial charge in [-0.2, -0.15) is 0 Å². The predicted molar refractivity (Wildman–Crippen MR) is 62.4 cm³/mol. The molecule has 14 heavy (non-hydrogen) atoms. The van der Waals surface area contributed by atoms with Crippen molar-refractivity contribution >= 4 is 5.91 Å². The highest BCUT2D eigenvalue weighted by Crippen LogP contribution is 2.18. The molecule has 0 heterocycles. The third-order valence-electron chi connectivity index (χ3n) is 2.70. The Hall–Kier alpha value is -0.570. The Morgan fingerprint density at radius 3 is 2.14 bits per heavy atom. The normalized spacial score (nSPS) is 27.7. The molecule has 86 valence electrons. The first-order valence-corrected chi connectivity index (χ1v) is 5.61. The van der Waals surface area contributed by atoms with Gasteiger partial charge in [-0.25, -0.2) is 0 Å². The fourth-order valence-electron chi connectivity index (χ4n) is 2.16. The zero-order chi connectivity index (χ0) is 10.6. The lowest BCUT2D eigenvalue weighted by Crippen LogP contribution is -2.43. The Morgan fingerprint density at radius 1 is 1.21 bits per heavy atom. The van der Waals surface area contributed by atoms with Crippen LogP contribution in [0.15, 0.2) is 0 Å². The first kappa shape index (κ1) is 11.5. The fourth-order valence-corrected chi connectivity index (χ4v) is 2.16. The summed E-state index contributed by atoms with van der Waals surface area (Å²) in [6.45, 7) is 5.96. The molecule has 1 rings (SSSR count). The number of amides is 1. The lowest BCUT2D eigenvalue weighted by atomic mass is 9.91. The first-order chi connectivity index (χ1) is 6.58. The lowest BCUT2D eigenvalue weighted by Gasteiger charge is -2.30. The summed E-state index contributed by atoms with van der Waals surface area (Å²) in [7, 11) is 0. The Balaban J connectivity index is 0. The van der Waals surface area contributed by atoms with Gasteiger partial charge >= 0.3 is 0 Å². The molecule has 0 saturated heterocycles. The van der Waals surface area contributed by atoms with Crippen molar-refractivity contribution in [3.8, 4) is 0 Å². The van der Waals surface area contributed by atoms with Crippen molar-refractivity contribution in [1.29, 1.82) is 0 Å². The van der Waals surface area contributed by atoms with E-state index in [1.165, 1.54) is 12.8 Å². The molecule has 0 bridgehead atoms. The van der Waals surface area contributed by atoms with Crippen molar-refractivity contribution in [3.05, 3.63) is 0 Å². The zero-order valence-corrected chi connectivity index (χ0v) is 9.47. The third kappa shape index (κ3) is 4.09. The second-order valence-electron chi connectivity index (χ2n) is 4.57. The average Bonchev–Trinajstić information content (AvgIpc) is 2.06. The van der Waals surface area contributed by atoms with Crippen LogP contribution in [0.2, 0.25) is 0 Å². The van der Waals surface area contributed by atoms with E-state index in [1.807, 2.05) is 0 Å². The predicted octanol–water partition coefficient (Wildman–Crippen LogP) is 1.92. The maximum atomic E-state index is 10.8. The highest BCUT2D eigenvalue weighted by molar-refractivity contribution is 5.73. The van der Waals surface area contributed by atoms with E-state index in [0.717, 1.165) is 12.8 Å². The highest BCUT2D eigenvalue weighted by Gasteiger charge is 2.21. The zero-order valence-electron chi connectivity index (χ0n) is 9.47. The van der Waals surface area contributed by atoms with Crippen molar-refractivity contribution < 1.29 is 7.65 Å². The summed E-state index contributed by atoms with van der Waals surface area (Å²) in [5, 5.41) is 6.53. The molecule has 1 amide bonds. The number of rotatable bonds is 3. The average molecular weight is 202 g/mol. The van der Waals surface area contributed by atoms with Gasteiger partial charge in [0.15, 0.2) is 0 Å². The second-order valence-corrected chi connectivity index (χ2v) is 4.57. The monoisotopic (exact) mass is 202 g/mol. The quantitative estimate of drug-likeness (QED) is 0.734. The molecule has 1 aliphatic carbocycles. The van der Waals surface area contributed by atoms with Crippen molar-refractivity contribution in [1.82, 2.24) is 10.6 Å². The summed E-state index contributed by atoms with van der Waals surface area (Å²) in [5.74, 6) is 0.102. The number of carbonyl (C=O) groups excluding carboxylic acids is 1. The van der Waals surface area contributed by atoms with E-state index >= 15 is 0 Å². The smallest absolute Gasteiger partial charge is 0.217 e. The third-order valence-corrected chi connectivity index (χ3v) is 2.70. The molecule has 0 unspecified atom stereocenters. The van der Waals surface area contributed by atoms with E-state index in [4.69, 9.17) is 0 Å². The second kappa shape index (κ2) is 5.35. The van der Waals surface area contributed by atoms with Crippen LogP contribution in [0.3, 0.4) is 0 Å². The molecule has 1 saturated carbocycles. The standard InChI is InChI=1S/C11H22N2O.2H2/c1-8(2)12-10-4-6-11(7-5-10)13-9(3)14;;/h8,10-12H,4-7H2,1-3H3,(H,13,14);2*1H. The van der Waals surface area contributed by atoms with Gasteiger partial charge in [0.1, 0.15) is 0 Å². The van der Waals surface area contributed by atoms with Crippen LogP contribution in [0.25, 0.3) is 0 Å². The molecule has 3 heteroatoms. The number of hydrogen-bond acceptors (Lipinski definition) is 2. The van der Waals surface area contributed by atoms with Crippen LogP contribution in [0.4, 0.5) is 0 Å². The van der Waals surface area contributed by atoms with Crippen LogP contribution in [-0.4, -0.2) is 24.0 Å². The van der Waals surface area contributed by atoms with Crippen LogP contribution in [0, 0.1) is 0 Å². The maximum absolute atomic E-state index is 10.8. The molecule has 2 N–H and O–H groups in total. The summed E-state index contributed by atoms with van der Waals surface area (Å²) in [6.07, 6.45) is 4.60. The minimum absolute atomic E-state index is 0. The van der Waals surface area contributed by atoms with Crippen LogP contribution in [0.1, 0.15) is 49.3 Å². The summed E-state index contributed by atoms with van der Waals surface area (Å²) < 4.78 is 0.